The van der Waals surface area contributed by atoms with E-state index in [2.05, 4.69) is 21.6 Å². The second-order valence-electron chi connectivity index (χ2n) is 6.83. The van der Waals surface area contributed by atoms with Gasteiger partial charge in [-0.15, -0.1) is 0 Å². The summed E-state index contributed by atoms with van der Waals surface area (Å²) in [5, 5.41) is 5.87. The van der Waals surface area contributed by atoms with Crippen molar-refractivity contribution < 1.29 is 9.59 Å². The van der Waals surface area contributed by atoms with Crippen molar-refractivity contribution in [1.82, 2.24) is 15.1 Å². The number of rotatable bonds is 5. The third-order valence-corrected chi connectivity index (χ3v) is 4.61. The van der Waals surface area contributed by atoms with Crippen molar-refractivity contribution in [2.24, 2.45) is 0 Å². The Morgan fingerprint density at radius 3 is 2.41 bits per heavy atom. The first-order chi connectivity index (χ1) is 13.1. The Hall–Kier alpha value is -2.86. The average molecular weight is 366 g/mol. The Bertz CT molecular complexity index is 771. The van der Waals surface area contributed by atoms with Gasteiger partial charge in [0.05, 0.1) is 6.54 Å². The molecule has 0 aliphatic carbocycles. The molecule has 0 bridgehead atoms. The molecule has 1 fully saturated rings. The van der Waals surface area contributed by atoms with Crippen molar-refractivity contribution in [3.63, 3.8) is 0 Å². The molecule has 1 aliphatic rings. The van der Waals surface area contributed by atoms with E-state index in [0.717, 1.165) is 11.3 Å². The highest BCUT2D eigenvalue weighted by Gasteiger charge is 2.22. The Kier molecular flexibility index (Phi) is 6.44. The highest BCUT2D eigenvalue weighted by molar-refractivity contribution is 5.92. The topological polar surface area (TPSA) is 64.7 Å². The number of benzene rings is 2. The van der Waals surface area contributed by atoms with Gasteiger partial charge in [0.1, 0.15) is 0 Å². The monoisotopic (exact) mass is 366 g/mol. The number of hydrogen-bond donors (Lipinski definition) is 2. The summed E-state index contributed by atoms with van der Waals surface area (Å²) >= 11 is 0. The van der Waals surface area contributed by atoms with Crippen LogP contribution < -0.4 is 10.6 Å². The fourth-order valence-electron chi connectivity index (χ4n) is 3.15. The molecule has 1 heterocycles. The predicted octanol–water partition coefficient (Wildman–Crippen LogP) is 2.46. The SMILES string of the molecule is Cc1cccc(CNC(=O)N2CCN(CC(=O)Nc3ccccc3)CC2)c1. The number of nitrogens with one attached hydrogen (secondary N) is 2. The van der Waals surface area contributed by atoms with E-state index in [1.54, 1.807) is 4.90 Å². The first-order valence-electron chi connectivity index (χ1n) is 9.26. The molecule has 1 saturated heterocycles. The van der Waals surface area contributed by atoms with Crippen LogP contribution in [-0.2, 0) is 11.3 Å². The molecule has 2 aromatic rings. The zero-order valence-corrected chi connectivity index (χ0v) is 15.6. The van der Waals surface area contributed by atoms with Crippen LogP contribution in [0, 0.1) is 6.92 Å². The van der Waals surface area contributed by atoms with Crippen LogP contribution in [0.15, 0.2) is 54.6 Å². The molecule has 6 heteroatoms. The second-order valence-corrected chi connectivity index (χ2v) is 6.83. The summed E-state index contributed by atoms with van der Waals surface area (Å²) in [5.41, 5.74) is 3.08. The second kappa shape index (κ2) is 9.19. The molecule has 0 unspecified atom stereocenters. The molecule has 2 aromatic carbocycles. The number of aryl methyl sites for hydroxylation is 1. The summed E-state index contributed by atoms with van der Waals surface area (Å²) < 4.78 is 0. The fourth-order valence-corrected chi connectivity index (χ4v) is 3.15. The van der Waals surface area contributed by atoms with Crippen molar-refractivity contribution in [1.29, 1.82) is 0 Å². The van der Waals surface area contributed by atoms with E-state index >= 15 is 0 Å². The first-order valence-corrected chi connectivity index (χ1v) is 9.26. The zero-order chi connectivity index (χ0) is 19.1. The van der Waals surface area contributed by atoms with E-state index < -0.39 is 0 Å². The van der Waals surface area contributed by atoms with E-state index in [4.69, 9.17) is 0 Å². The molecular formula is C21H26N4O2. The summed E-state index contributed by atoms with van der Waals surface area (Å²) in [4.78, 5) is 28.4. The van der Waals surface area contributed by atoms with Crippen LogP contribution in [0.5, 0.6) is 0 Å². The van der Waals surface area contributed by atoms with Gasteiger partial charge in [-0.1, -0.05) is 48.0 Å². The number of anilines is 1. The Balaban J connectivity index is 1.39. The third kappa shape index (κ3) is 5.82. The Morgan fingerprint density at radius 2 is 1.70 bits per heavy atom. The predicted molar refractivity (Wildman–Crippen MR) is 106 cm³/mol. The van der Waals surface area contributed by atoms with Gasteiger partial charge in [0.25, 0.3) is 0 Å². The van der Waals surface area contributed by atoms with E-state index in [-0.39, 0.29) is 11.9 Å². The van der Waals surface area contributed by atoms with Crippen molar-refractivity contribution in [2.75, 3.05) is 38.0 Å². The van der Waals surface area contributed by atoms with E-state index in [1.807, 2.05) is 55.5 Å². The summed E-state index contributed by atoms with van der Waals surface area (Å²) in [5.74, 6) is -0.0291. The fraction of sp³-hybridized carbons (Fsp3) is 0.333. The van der Waals surface area contributed by atoms with Crippen LogP contribution in [0.4, 0.5) is 10.5 Å². The average Bonchev–Trinajstić information content (AvgIpc) is 2.67. The number of urea groups is 1. The molecule has 142 valence electrons. The van der Waals surface area contributed by atoms with Crippen LogP contribution in [0.1, 0.15) is 11.1 Å². The molecule has 0 radical (unpaired) electrons. The smallest absolute Gasteiger partial charge is 0.317 e. The van der Waals surface area contributed by atoms with Crippen LogP contribution in [0.25, 0.3) is 0 Å². The number of carbonyl (C=O) groups is 2. The molecule has 0 saturated carbocycles. The normalized spacial score (nSPS) is 14.6. The first kappa shape index (κ1) is 18.9. The van der Waals surface area contributed by atoms with Crippen LogP contribution in [-0.4, -0.2) is 54.5 Å². The van der Waals surface area contributed by atoms with Gasteiger partial charge in [0.2, 0.25) is 5.91 Å². The minimum absolute atomic E-state index is 0.0291. The van der Waals surface area contributed by atoms with Gasteiger partial charge in [0, 0.05) is 38.4 Å². The van der Waals surface area contributed by atoms with E-state index in [9.17, 15) is 9.59 Å². The summed E-state index contributed by atoms with van der Waals surface area (Å²) in [7, 11) is 0. The van der Waals surface area contributed by atoms with Crippen LogP contribution in [0.3, 0.4) is 0 Å². The highest BCUT2D eigenvalue weighted by Crippen LogP contribution is 2.07. The van der Waals surface area contributed by atoms with E-state index in [1.165, 1.54) is 5.56 Å². The van der Waals surface area contributed by atoms with Gasteiger partial charge in [-0.2, -0.15) is 0 Å². The van der Waals surface area contributed by atoms with Gasteiger partial charge in [0.15, 0.2) is 0 Å². The minimum Gasteiger partial charge on any atom is -0.334 e. The van der Waals surface area contributed by atoms with E-state index in [0.29, 0.717) is 39.3 Å². The summed E-state index contributed by atoms with van der Waals surface area (Å²) in [6.07, 6.45) is 0. The zero-order valence-electron chi connectivity index (χ0n) is 15.6. The molecule has 1 aliphatic heterocycles. The lowest BCUT2D eigenvalue weighted by Gasteiger charge is -2.34. The van der Waals surface area contributed by atoms with Gasteiger partial charge >= 0.3 is 6.03 Å². The molecule has 27 heavy (non-hydrogen) atoms. The third-order valence-electron chi connectivity index (χ3n) is 4.61. The lowest BCUT2D eigenvalue weighted by molar-refractivity contribution is -0.117. The van der Waals surface area contributed by atoms with Gasteiger partial charge in [-0.05, 0) is 24.6 Å². The quantitative estimate of drug-likeness (QED) is 0.854. The number of nitrogens with zero attached hydrogens (tertiary/aromatic N) is 2. The number of piperazine rings is 1. The highest BCUT2D eigenvalue weighted by atomic mass is 16.2. The van der Waals surface area contributed by atoms with Gasteiger partial charge in [-0.3, -0.25) is 9.69 Å². The van der Waals surface area contributed by atoms with Crippen molar-refractivity contribution in [3.05, 3.63) is 65.7 Å². The number of carbonyl (C=O) groups excluding carboxylic acids is 2. The Labute approximate surface area is 160 Å². The lowest BCUT2D eigenvalue weighted by atomic mass is 10.1. The molecule has 0 aromatic heterocycles. The summed E-state index contributed by atoms with van der Waals surface area (Å²) in [6, 6.07) is 17.5. The van der Waals surface area contributed by atoms with Crippen LogP contribution in [0.2, 0.25) is 0 Å². The maximum absolute atomic E-state index is 12.3. The molecule has 0 atom stereocenters. The van der Waals surface area contributed by atoms with Crippen molar-refractivity contribution >= 4 is 17.6 Å². The number of para-hydroxylation sites is 1. The molecule has 3 rings (SSSR count). The molecule has 2 N–H and O–H groups in total. The Morgan fingerprint density at radius 1 is 0.963 bits per heavy atom. The van der Waals surface area contributed by atoms with Gasteiger partial charge in [-0.25, -0.2) is 4.79 Å². The van der Waals surface area contributed by atoms with Crippen molar-refractivity contribution in [3.8, 4) is 0 Å². The maximum atomic E-state index is 12.3. The molecule has 0 spiro atoms. The largest absolute Gasteiger partial charge is 0.334 e. The molecular weight excluding hydrogens is 340 g/mol. The minimum atomic E-state index is -0.0510. The number of hydrogen-bond acceptors (Lipinski definition) is 3. The lowest BCUT2D eigenvalue weighted by Crippen LogP contribution is -2.52. The van der Waals surface area contributed by atoms with Gasteiger partial charge < -0.3 is 15.5 Å². The number of amides is 3. The van der Waals surface area contributed by atoms with Crippen LogP contribution >= 0.6 is 0 Å². The maximum Gasteiger partial charge on any atom is 0.317 e. The molecule has 6 nitrogen and oxygen atoms in total. The standard InChI is InChI=1S/C21H26N4O2/c1-17-6-5-7-18(14-17)15-22-21(27)25-12-10-24(11-13-25)16-20(26)23-19-8-3-2-4-9-19/h2-9,14H,10-13,15-16H2,1H3,(H,22,27)(H,23,26). The van der Waals surface area contributed by atoms with Crippen molar-refractivity contribution in [2.45, 2.75) is 13.5 Å². The molecule has 3 amide bonds. The summed E-state index contributed by atoms with van der Waals surface area (Å²) in [6.45, 7) is 5.54.